The van der Waals surface area contributed by atoms with Gasteiger partial charge in [-0.3, -0.25) is 15.2 Å². The van der Waals surface area contributed by atoms with Crippen LogP contribution in [0, 0.1) is 5.82 Å². The van der Waals surface area contributed by atoms with Gasteiger partial charge >= 0.3 is 6.03 Å². The number of nitrogens with zero attached hydrogens (tertiary/aromatic N) is 5. The molecule has 1 atom stereocenters. The van der Waals surface area contributed by atoms with Crippen LogP contribution in [0.2, 0.25) is 0 Å². The van der Waals surface area contributed by atoms with Crippen molar-refractivity contribution in [3.63, 3.8) is 0 Å². The third kappa shape index (κ3) is 4.22. The summed E-state index contributed by atoms with van der Waals surface area (Å²) in [6, 6.07) is 7.92. The van der Waals surface area contributed by atoms with Crippen molar-refractivity contribution in [3.05, 3.63) is 67.3 Å². The number of rotatable bonds is 3. The van der Waals surface area contributed by atoms with E-state index < -0.39 is 5.82 Å². The summed E-state index contributed by atoms with van der Waals surface area (Å²) < 4.78 is 19.0. The molecule has 10 heteroatoms. The quantitative estimate of drug-likeness (QED) is 0.475. The van der Waals surface area contributed by atoms with Crippen molar-refractivity contribution in [2.45, 2.75) is 19.4 Å². The molecule has 0 radical (unpaired) electrons. The van der Waals surface area contributed by atoms with Crippen LogP contribution >= 0.6 is 0 Å². The topological polar surface area (TPSA) is 109 Å². The van der Waals surface area contributed by atoms with Crippen LogP contribution in [-0.4, -0.2) is 38.6 Å². The van der Waals surface area contributed by atoms with Crippen LogP contribution < -0.4 is 15.5 Å². The second-order valence-corrected chi connectivity index (χ2v) is 7.62. The molecule has 4 aromatic rings. The molecule has 1 aliphatic heterocycles. The number of aromatic nitrogens is 4. The number of carbonyl (C=O) groups is 1. The zero-order valence-corrected chi connectivity index (χ0v) is 17.7. The Morgan fingerprint density at radius 3 is 2.91 bits per heavy atom. The number of hydrogen-bond acceptors (Lipinski definition) is 7. The van der Waals surface area contributed by atoms with Gasteiger partial charge in [-0.15, -0.1) is 0 Å². The summed E-state index contributed by atoms with van der Waals surface area (Å²) in [4.78, 5) is 31.8. The van der Waals surface area contributed by atoms with E-state index in [4.69, 9.17) is 4.42 Å². The Kier molecular flexibility index (Phi) is 5.39. The number of urea groups is 1. The molecule has 0 aromatic carbocycles. The average Bonchev–Trinajstić information content (AvgIpc) is 3.30. The van der Waals surface area contributed by atoms with Crippen molar-refractivity contribution in [1.82, 2.24) is 19.9 Å². The lowest BCUT2D eigenvalue weighted by Gasteiger charge is -2.27. The van der Waals surface area contributed by atoms with Crippen LogP contribution in [0.15, 0.2) is 65.9 Å². The van der Waals surface area contributed by atoms with E-state index in [1.165, 1.54) is 18.7 Å². The van der Waals surface area contributed by atoms with Gasteiger partial charge in [0.1, 0.15) is 11.6 Å². The summed E-state index contributed by atoms with van der Waals surface area (Å²) in [5.41, 5.74) is 2.49. The first-order valence-corrected chi connectivity index (χ1v) is 10.4. The van der Waals surface area contributed by atoms with Gasteiger partial charge in [-0.05, 0) is 43.7 Å². The molecular weight excluding hydrogens is 425 g/mol. The lowest BCUT2D eigenvalue weighted by atomic mass is 10.1. The first kappa shape index (κ1) is 20.6. The lowest BCUT2D eigenvalue weighted by Crippen LogP contribution is -2.42. The van der Waals surface area contributed by atoms with Gasteiger partial charge in [0, 0.05) is 36.1 Å². The van der Waals surface area contributed by atoms with Crippen molar-refractivity contribution in [2.24, 2.45) is 0 Å². The molecule has 2 N–H and O–H groups in total. The number of fused-ring (bicyclic) bond motifs is 1. The van der Waals surface area contributed by atoms with E-state index in [1.54, 1.807) is 35.5 Å². The number of halogens is 1. The molecular formula is C23H20FN7O2. The van der Waals surface area contributed by atoms with Crippen molar-refractivity contribution in [2.75, 3.05) is 22.1 Å². The van der Waals surface area contributed by atoms with Gasteiger partial charge < -0.3 is 9.73 Å². The Balaban J connectivity index is 1.48. The summed E-state index contributed by atoms with van der Waals surface area (Å²) in [6.45, 7) is 2.63. The van der Waals surface area contributed by atoms with Gasteiger partial charge in [0.25, 0.3) is 0 Å². The summed E-state index contributed by atoms with van der Waals surface area (Å²) in [6.07, 6.45) is 7.90. The summed E-state index contributed by atoms with van der Waals surface area (Å²) >= 11 is 0. The van der Waals surface area contributed by atoms with Gasteiger partial charge in [0.2, 0.25) is 0 Å². The largest absolute Gasteiger partial charge is 0.444 e. The first-order valence-electron chi connectivity index (χ1n) is 10.4. The molecule has 9 nitrogen and oxygen atoms in total. The van der Waals surface area contributed by atoms with Gasteiger partial charge in [0.15, 0.2) is 18.0 Å². The molecule has 0 unspecified atom stereocenters. The Labute approximate surface area is 188 Å². The lowest BCUT2D eigenvalue weighted by molar-refractivity contribution is 0.255. The van der Waals surface area contributed by atoms with E-state index >= 15 is 0 Å². The maximum absolute atomic E-state index is 13.7. The molecule has 0 bridgehead atoms. The smallest absolute Gasteiger partial charge is 0.328 e. The van der Waals surface area contributed by atoms with Crippen LogP contribution in [0.5, 0.6) is 0 Å². The predicted molar refractivity (Wildman–Crippen MR) is 121 cm³/mol. The second-order valence-electron chi connectivity index (χ2n) is 7.62. The minimum atomic E-state index is -0.456. The SMILES string of the molecule is C[C@@H]1CCNc2ccc(-c3cncc(F)c3)nc2N1C(=O)Nc1cc(-c2cnco2)ccn1. The van der Waals surface area contributed by atoms with Crippen molar-refractivity contribution < 1.29 is 13.6 Å². The molecule has 0 saturated heterocycles. The fraction of sp³-hybridized carbons (Fsp3) is 0.174. The highest BCUT2D eigenvalue weighted by atomic mass is 19.1. The highest BCUT2D eigenvalue weighted by molar-refractivity contribution is 6.03. The highest BCUT2D eigenvalue weighted by Gasteiger charge is 2.29. The van der Waals surface area contributed by atoms with Crippen LogP contribution in [0.1, 0.15) is 13.3 Å². The summed E-state index contributed by atoms with van der Waals surface area (Å²) in [5, 5.41) is 6.17. The Bertz CT molecular complexity index is 1300. The normalized spacial score (nSPS) is 15.3. The maximum atomic E-state index is 13.7. The predicted octanol–water partition coefficient (Wildman–Crippen LogP) is 4.58. The van der Waals surface area contributed by atoms with Crippen LogP contribution in [-0.2, 0) is 0 Å². The Morgan fingerprint density at radius 1 is 1.18 bits per heavy atom. The fourth-order valence-electron chi connectivity index (χ4n) is 3.71. The molecule has 2 amide bonds. The van der Waals surface area contributed by atoms with E-state index in [2.05, 4.69) is 30.6 Å². The van der Waals surface area contributed by atoms with E-state index in [1.807, 2.05) is 13.0 Å². The van der Waals surface area contributed by atoms with Gasteiger partial charge in [-0.25, -0.2) is 24.1 Å². The highest BCUT2D eigenvalue weighted by Crippen LogP contribution is 2.33. The minimum absolute atomic E-state index is 0.149. The molecule has 0 fully saturated rings. The van der Waals surface area contributed by atoms with E-state index in [0.717, 1.165) is 11.8 Å². The molecule has 5 rings (SSSR count). The van der Waals surface area contributed by atoms with Crippen molar-refractivity contribution >= 4 is 23.4 Å². The molecule has 0 spiro atoms. The number of hydrogen-bond donors (Lipinski definition) is 2. The van der Waals surface area contributed by atoms with E-state index in [0.29, 0.717) is 47.3 Å². The van der Waals surface area contributed by atoms with Gasteiger partial charge in [0.05, 0.1) is 23.8 Å². The number of pyridine rings is 3. The molecule has 1 aliphatic rings. The van der Waals surface area contributed by atoms with Gasteiger partial charge in [-0.2, -0.15) is 0 Å². The molecule has 4 aromatic heterocycles. The average molecular weight is 445 g/mol. The monoisotopic (exact) mass is 445 g/mol. The van der Waals surface area contributed by atoms with Crippen LogP contribution in [0.3, 0.4) is 0 Å². The molecule has 166 valence electrons. The number of oxazole rings is 1. The number of carbonyl (C=O) groups excluding carboxylic acids is 1. The Morgan fingerprint density at radius 2 is 2.09 bits per heavy atom. The van der Waals surface area contributed by atoms with E-state index in [9.17, 15) is 9.18 Å². The maximum Gasteiger partial charge on any atom is 0.328 e. The van der Waals surface area contributed by atoms with E-state index in [-0.39, 0.29) is 12.1 Å². The molecule has 5 heterocycles. The number of nitrogens with one attached hydrogen (secondary N) is 2. The number of anilines is 3. The minimum Gasteiger partial charge on any atom is -0.444 e. The van der Waals surface area contributed by atoms with Crippen LogP contribution in [0.25, 0.3) is 22.6 Å². The van der Waals surface area contributed by atoms with Crippen molar-refractivity contribution in [3.8, 4) is 22.6 Å². The Hall–Kier alpha value is -4.34. The van der Waals surface area contributed by atoms with Crippen LogP contribution in [0.4, 0.5) is 26.5 Å². The zero-order valence-electron chi connectivity index (χ0n) is 17.7. The van der Waals surface area contributed by atoms with Crippen molar-refractivity contribution in [1.29, 1.82) is 0 Å². The zero-order chi connectivity index (χ0) is 22.8. The standard InChI is InChI=1S/C23H20FN7O2/c1-14-4-6-27-19-3-2-18(16-8-17(24)11-25-10-16)29-22(19)31(14)23(32)30-21-9-15(5-7-28-21)20-12-26-13-33-20/h2-3,5,7-14,27H,4,6H2,1H3,(H,28,30,32)/t14-/m1/s1. The fourth-order valence-corrected chi connectivity index (χ4v) is 3.71. The second kappa shape index (κ2) is 8.65. The molecule has 0 saturated carbocycles. The number of amides is 2. The third-order valence-corrected chi connectivity index (χ3v) is 5.35. The summed E-state index contributed by atoms with van der Waals surface area (Å²) in [5.74, 6) is 0.930. The third-order valence-electron chi connectivity index (χ3n) is 5.35. The summed E-state index contributed by atoms with van der Waals surface area (Å²) in [7, 11) is 0. The molecule has 33 heavy (non-hydrogen) atoms. The molecule has 0 aliphatic carbocycles. The van der Waals surface area contributed by atoms with Gasteiger partial charge in [-0.1, -0.05) is 0 Å². The first-order chi connectivity index (χ1) is 16.1.